The Hall–Kier alpha value is -0.660. The molecule has 0 saturated heterocycles. The average Bonchev–Trinajstić information content (AvgIpc) is 2.47. The quantitative estimate of drug-likeness (QED) is 0.515. The third-order valence-corrected chi connectivity index (χ3v) is 3.39. The molecule has 0 atom stereocenters. The summed E-state index contributed by atoms with van der Waals surface area (Å²) < 4.78 is 0. The van der Waals surface area contributed by atoms with Crippen LogP contribution in [0.15, 0.2) is 0 Å². The van der Waals surface area contributed by atoms with E-state index in [2.05, 4.69) is 0 Å². The number of carbonyl (C=O) groups excluding carboxylic acids is 2. The summed E-state index contributed by atoms with van der Waals surface area (Å²) in [5.41, 5.74) is 0.255. The monoisotopic (exact) mass is 166 g/mol. The van der Waals surface area contributed by atoms with Crippen LogP contribution in [-0.2, 0) is 9.59 Å². The molecule has 0 aromatic rings. The Morgan fingerprint density at radius 3 is 2.17 bits per heavy atom. The Bertz CT molecular complexity index is 224. The van der Waals surface area contributed by atoms with E-state index in [1.54, 1.807) is 0 Å². The third-order valence-electron chi connectivity index (χ3n) is 3.39. The first kappa shape index (κ1) is 7.96. The minimum Gasteiger partial charge on any atom is -0.291 e. The highest BCUT2D eigenvalue weighted by molar-refractivity contribution is 6.37. The second-order valence-corrected chi connectivity index (χ2v) is 4.23. The van der Waals surface area contributed by atoms with Crippen molar-refractivity contribution in [2.45, 2.75) is 44.9 Å². The average molecular weight is 166 g/mol. The molecule has 2 nitrogen and oxygen atoms in total. The van der Waals surface area contributed by atoms with Gasteiger partial charge >= 0.3 is 0 Å². The van der Waals surface area contributed by atoms with Gasteiger partial charge in [-0.05, 0) is 24.7 Å². The largest absolute Gasteiger partial charge is 0.291 e. The molecule has 66 valence electrons. The van der Waals surface area contributed by atoms with E-state index in [-0.39, 0.29) is 17.0 Å². The number of carbonyl (C=O) groups is 2. The molecular weight excluding hydrogens is 152 g/mol. The van der Waals surface area contributed by atoms with Crippen molar-refractivity contribution in [1.82, 2.24) is 0 Å². The first-order valence-electron chi connectivity index (χ1n) is 4.78. The summed E-state index contributed by atoms with van der Waals surface area (Å²) in [5.74, 6) is -0.240. The Balaban J connectivity index is 2.10. The molecule has 2 rings (SSSR count). The number of ketones is 2. The fourth-order valence-electron chi connectivity index (χ4n) is 2.60. The van der Waals surface area contributed by atoms with Crippen LogP contribution in [0.5, 0.6) is 0 Å². The summed E-state index contributed by atoms with van der Waals surface area (Å²) in [6.45, 7) is 0. The van der Waals surface area contributed by atoms with Crippen molar-refractivity contribution in [3.8, 4) is 0 Å². The van der Waals surface area contributed by atoms with Crippen molar-refractivity contribution in [3.05, 3.63) is 0 Å². The van der Waals surface area contributed by atoms with Crippen LogP contribution in [0.4, 0.5) is 0 Å². The van der Waals surface area contributed by atoms with Crippen LogP contribution in [-0.4, -0.2) is 11.6 Å². The maximum atomic E-state index is 11.2. The van der Waals surface area contributed by atoms with E-state index in [9.17, 15) is 9.59 Å². The standard InChI is InChI=1S/C10H14O2/c11-8-3-6-10(7-9(8)12)4-1-2-5-10/h1-7H2. The van der Waals surface area contributed by atoms with Crippen molar-refractivity contribution < 1.29 is 9.59 Å². The van der Waals surface area contributed by atoms with Crippen molar-refractivity contribution in [1.29, 1.82) is 0 Å². The fraction of sp³-hybridized carbons (Fsp3) is 0.800. The molecule has 12 heavy (non-hydrogen) atoms. The zero-order valence-corrected chi connectivity index (χ0v) is 7.27. The highest BCUT2D eigenvalue weighted by atomic mass is 16.2. The summed E-state index contributed by atoms with van der Waals surface area (Å²) >= 11 is 0. The number of Topliss-reactive ketones (excluding diaryl/α,β-unsaturated/α-hetero) is 2. The molecular formula is C10H14O2. The zero-order chi connectivity index (χ0) is 8.60. The highest BCUT2D eigenvalue weighted by Crippen LogP contribution is 2.47. The Labute approximate surface area is 72.3 Å². The third kappa shape index (κ3) is 1.19. The van der Waals surface area contributed by atoms with Gasteiger partial charge in [-0.3, -0.25) is 9.59 Å². The van der Waals surface area contributed by atoms with Crippen LogP contribution < -0.4 is 0 Å². The van der Waals surface area contributed by atoms with E-state index in [1.165, 1.54) is 25.7 Å². The van der Waals surface area contributed by atoms with Gasteiger partial charge in [-0.2, -0.15) is 0 Å². The van der Waals surface area contributed by atoms with Crippen LogP contribution >= 0.6 is 0 Å². The fourth-order valence-corrected chi connectivity index (χ4v) is 2.60. The summed E-state index contributed by atoms with van der Waals surface area (Å²) in [5, 5.41) is 0. The smallest absolute Gasteiger partial charge is 0.198 e. The van der Waals surface area contributed by atoms with E-state index < -0.39 is 0 Å². The molecule has 2 saturated carbocycles. The van der Waals surface area contributed by atoms with Gasteiger partial charge in [0.2, 0.25) is 0 Å². The maximum Gasteiger partial charge on any atom is 0.198 e. The Morgan fingerprint density at radius 2 is 1.58 bits per heavy atom. The van der Waals surface area contributed by atoms with Crippen molar-refractivity contribution >= 4 is 11.6 Å². The molecule has 2 aliphatic rings. The van der Waals surface area contributed by atoms with Gasteiger partial charge < -0.3 is 0 Å². The van der Waals surface area contributed by atoms with Gasteiger partial charge in [0.05, 0.1) is 0 Å². The van der Waals surface area contributed by atoms with E-state index >= 15 is 0 Å². The number of rotatable bonds is 0. The Kier molecular flexibility index (Phi) is 1.78. The van der Waals surface area contributed by atoms with Gasteiger partial charge in [0, 0.05) is 12.8 Å². The van der Waals surface area contributed by atoms with E-state index in [0.717, 1.165) is 6.42 Å². The lowest BCUT2D eigenvalue weighted by molar-refractivity contribution is -0.140. The first-order valence-corrected chi connectivity index (χ1v) is 4.78. The van der Waals surface area contributed by atoms with Crippen LogP contribution in [0.25, 0.3) is 0 Å². The highest BCUT2D eigenvalue weighted by Gasteiger charge is 2.40. The topological polar surface area (TPSA) is 34.1 Å². The second kappa shape index (κ2) is 2.68. The van der Waals surface area contributed by atoms with Crippen LogP contribution in [0.3, 0.4) is 0 Å². The summed E-state index contributed by atoms with van der Waals surface area (Å²) in [6.07, 6.45) is 6.88. The van der Waals surface area contributed by atoms with E-state index in [1.807, 2.05) is 0 Å². The summed E-state index contributed by atoms with van der Waals surface area (Å²) in [6, 6.07) is 0. The molecule has 0 aromatic heterocycles. The van der Waals surface area contributed by atoms with Gasteiger partial charge in [0.1, 0.15) is 0 Å². The molecule has 0 heterocycles. The van der Waals surface area contributed by atoms with Gasteiger partial charge in [-0.25, -0.2) is 0 Å². The first-order chi connectivity index (χ1) is 5.72. The molecule has 0 radical (unpaired) electrons. The predicted octanol–water partition coefficient (Wildman–Crippen LogP) is 1.87. The maximum absolute atomic E-state index is 11.2. The molecule has 2 fully saturated rings. The van der Waals surface area contributed by atoms with Gasteiger partial charge in [0.25, 0.3) is 0 Å². The molecule has 0 bridgehead atoms. The molecule has 0 amide bonds. The molecule has 0 unspecified atom stereocenters. The molecule has 2 aliphatic carbocycles. The van der Waals surface area contributed by atoms with Gasteiger partial charge in [0.15, 0.2) is 11.6 Å². The van der Waals surface area contributed by atoms with Crippen LogP contribution in [0, 0.1) is 5.41 Å². The number of hydrogen-bond acceptors (Lipinski definition) is 2. The molecule has 0 aromatic carbocycles. The lowest BCUT2D eigenvalue weighted by atomic mass is 9.72. The zero-order valence-electron chi connectivity index (χ0n) is 7.27. The number of hydrogen-bond donors (Lipinski definition) is 0. The van der Waals surface area contributed by atoms with Gasteiger partial charge in [-0.1, -0.05) is 12.8 Å². The van der Waals surface area contributed by atoms with Crippen molar-refractivity contribution in [2.75, 3.05) is 0 Å². The lowest BCUT2D eigenvalue weighted by Gasteiger charge is -2.31. The van der Waals surface area contributed by atoms with Crippen LogP contribution in [0.2, 0.25) is 0 Å². The molecule has 0 N–H and O–H groups in total. The normalized spacial score (nSPS) is 28.3. The van der Waals surface area contributed by atoms with Gasteiger partial charge in [-0.15, -0.1) is 0 Å². The predicted molar refractivity (Wildman–Crippen MR) is 44.8 cm³/mol. The SMILES string of the molecule is O=C1CCC2(CCCC2)CC1=O. The Morgan fingerprint density at radius 1 is 0.917 bits per heavy atom. The molecule has 1 spiro atoms. The van der Waals surface area contributed by atoms with Crippen molar-refractivity contribution in [3.63, 3.8) is 0 Å². The van der Waals surface area contributed by atoms with Crippen molar-refractivity contribution in [2.24, 2.45) is 5.41 Å². The van der Waals surface area contributed by atoms with E-state index in [4.69, 9.17) is 0 Å². The minimum atomic E-state index is -0.132. The molecule has 0 aliphatic heterocycles. The summed E-state index contributed by atoms with van der Waals surface area (Å²) in [4.78, 5) is 22.2. The summed E-state index contributed by atoms with van der Waals surface area (Å²) in [7, 11) is 0. The lowest BCUT2D eigenvalue weighted by Crippen LogP contribution is -2.32. The van der Waals surface area contributed by atoms with Crippen LogP contribution in [0.1, 0.15) is 44.9 Å². The second-order valence-electron chi connectivity index (χ2n) is 4.23. The minimum absolute atomic E-state index is 0.108. The molecule has 2 heteroatoms. The van der Waals surface area contributed by atoms with E-state index in [0.29, 0.717) is 12.8 Å².